The molecule has 3 aliphatic rings. The van der Waals surface area contributed by atoms with Crippen molar-refractivity contribution in [2.45, 2.75) is 57.2 Å². The quantitative estimate of drug-likeness (QED) is 0.430. The fraction of sp³-hybridized carbons (Fsp3) is 0.571. The molecule has 0 aromatic carbocycles. The van der Waals surface area contributed by atoms with Gasteiger partial charge in [0.15, 0.2) is 0 Å². The molecule has 2 N–H and O–H groups in total. The van der Waals surface area contributed by atoms with Crippen molar-refractivity contribution in [3.05, 3.63) is 35.5 Å². The Labute approximate surface area is 163 Å². The largest absolute Gasteiger partial charge is 0.478 e. The SMILES string of the molecule is COC(=O)C1=CC[C@@]23CC[C@@H]([C@@](C)(/C=C/C=C(/C)C(=O)O)OC2=O)[C@@]3(O)CC1. The van der Waals surface area contributed by atoms with E-state index in [1.807, 2.05) is 0 Å². The summed E-state index contributed by atoms with van der Waals surface area (Å²) in [5.74, 6) is -2.30. The van der Waals surface area contributed by atoms with Crippen LogP contribution in [0, 0.1) is 11.3 Å². The van der Waals surface area contributed by atoms with Crippen LogP contribution in [0.1, 0.15) is 46.0 Å². The molecule has 2 aliphatic carbocycles. The molecule has 0 radical (unpaired) electrons. The number of esters is 2. The number of allylic oxidation sites excluding steroid dienone is 3. The first-order valence-corrected chi connectivity index (χ1v) is 9.42. The molecule has 0 aromatic heterocycles. The molecule has 1 heterocycles. The van der Waals surface area contributed by atoms with E-state index in [2.05, 4.69) is 0 Å². The summed E-state index contributed by atoms with van der Waals surface area (Å²) < 4.78 is 10.6. The summed E-state index contributed by atoms with van der Waals surface area (Å²) in [5, 5.41) is 20.7. The van der Waals surface area contributed by atoms with Crippen LogP contribution in [-0.2, 0) is 23.9 Å². The van der Waals surface area contributed by atoms with Crippen molar-refractivity contribution in [3.8, 4) is 0 Å². The minimum atomic E-state index is -1.31. The molecule has 1 aliphatic heterocycles. The van der Waals surface area contributed by atoms with Crippen LogP contribution in [0.25, 0.3) is 0 Å². The minimum Gasteiger partial charge on any atom is -0.478 e. The van der Waals surface area contributed by atoms with Gasteiger partial charge in [0, 0.05) is 17.1 Å². The van der Waals surface area contributed by atoms with E-state index in [1.54, 1.807) is 25.2 Å². The van der Waals surface area contributed by atoms with Gasteiger partial charge in [-0.2, -0.15) is 0 Å². The Balaban J connectivity index is 1.95. The van der Waals surface area contributed by atoms with E-state index >= 15 is 0 Å². The third kappa shape index (κ3) is 2.89. The van der Waals surface area contributed by atoms with Gasteiger partial charge < -0.3 is 19.7 Å². The molecule has 0 spiro atoms. The summed E-state index contributed by atoms with van der Waals surface area (Å²) in [4.78, 5) is 36.0. The number of carboxylic acid groups (broad SMARTS) is 1. The second-order valence-electron chi connectivity index (χ2n) is 8.11. The molecule has 1 saturated heterocycles. The number of aliphatic carboxylic acids is 1. The normalized spacial score (nSPS) is 37.7. The molecule has 3 rings (SSSR count). The maximum atomic E-state index is 13.1. The van der Waals surface area contributed by atoms with Crippen molar-refractivity contribution in [2.24, 2.45) is 11.3 Å². The summed E-state index contributed by atoms with van der Waals surface area (Å²) in [6.45, 7) is 3.21. The summed E-state index contributed by atoms with van der Waals surface area (Å²) in [5.41, 5.74) is -2.80. The highest BCUT2D eigenvalue weighted by Crippen LogP contribution is 2.63. The molecule has 4 atom stereocenters. The second kappa shape index (κ2) is 6.88. The Morgan fingerprint density at radius 3 is 2.71 bits per heavy atom. The van der Waals surface area contributed by atoms with Gasteiger partial charge in [0.1, 0.15) is 11.0 Å². The highest BCUT2D eigenvalue weighted by Gasteiger charge is 2.71. The van der Waals surface area contributed by atoms with E-state index in [0.29, 0.717) is 24.8 Å². The monoisotopic (exact) mass is 390 g/mol. The molecule has 7 nitrogen and oxygen atoms in total. The molecule has 28 heavy (non-hydrogen) atoms. The zero-order valence-corrected chi connectivity index (χ0v) is 16.4. The Bertz CT molecular complexity index is 808. The minimum absolute atomic E-state index is 0.155. The van der Waals surface area contributed by atoms with Crippen LogP contribution in [0.3, 0.4) is 0 Å². The maximum Gasteiger partial charge on any atom is 0.333 e. The fourth-order valence-electron chi connectivity index (χ4n) is 5.01. The molecular weight excluding hydrogens is 364 g/mol. The molecule has 152 valence electrons. The third-order valence-electron chi connectivity index (χ3n) is 6.69. The van der Waals surface area contributed by atoms with Crippen LogP contribution in [0.15, 0.2) is 35.5 Å². The molecule has 7 heteroatoms. The number of ether oxygens (including phenoxy) is 2. The van der Waals surface area contributed by atoms with Crippen molar-refractivity contribution in [2.75, 3.05) is 7.11 Å². The zero-order valence-electron chi connectivity index (χ0n) is 16.4. The molecule has 1 saturated carbocycles. The summed E-state index contributed by atoms with van der Waals surface area (Å²) in [7, 11) is 1.31. The van der Waals surface area contributed by atoms with E-state index in [1.165, 1.54) is 20.1 Å². The lowest BCUT2D eigenvalue weighted by molar-refractivity contribution is -0.224. The van der Waals surface area contributed by atoms with Gasteiger partial charge in [-0.3, -0.25) is 4.79 Å². The van der Waals surface area contributed by atoms with Gasteiger partial charge in [0.05, 0.1) is 12.7 Å². The lowest BCUT2D eigenvalue weighted by Crippen LogP contribution is -2.63. The Hall–Kier alpha value is -2.41. The number of carboxylic acids is 1. The molecule has 0 unspecified atom stereocenters. The van der Waals surface area contributed by atoms with Crippen molar-refractivity contribution in [1.82, 2.24) is 0 Å². The van der Waals surface area contributed by atoms with E-state index in [4.69, 9.17) is 14.6 Å². The van der Waals surface area contributed by atoms with Gasteiger partial charge in [0.25, 0.3) is 0 Å². The predicted molar refractivity (Wildman–Crippen MR) is 99.1 cm³/mol. The lowest BCUT2D eigenvalue weighted by Gasteiger charge is -2.52. The number of rotatable bonds is 4. The van der Waals surface area contributed by atoms with Gasteiger partial charge >= 0.3 is 17.9 Å². The molecule has 2 fully saturated rings. The summed E-state index contributed by atoms with van der Waals surface area (Å²) in [6.07, 6.45) is 8.25. The predicted octanol–water partition coefficient (Wildman–Crippen LogP) is 2.30. The number of carbonyl (C=O) groups excluding carboxylic acids is 2. The van der Waals surface area contributed by atoms with Gasteiger partial charge in [-0.05, 0) is 52.0 Å². The van der Waals surface area contributed by atoms with Crippen LogP contribution in [0.4, 0.5) is 0 Å². The number of aliphatic hydroxyl groups is 1. The first-order valence-electron chi connectivity index (χ1n) is 9.42. The van der Waals surface area contributed by atoms with Crippen molar-refractivity contribution < 1.29 is 34.1 Å². The number of methoxy groups -OCH3 is 1. The number of cyclic esters (lactones) is 1. The van der Waals surface area contributed by atoms with Crippen molar-refractivity contribution >= 4 is 17.9 Å². The molecular formula is C21H26O7. The summed E-state index contributed by atoms with van der Waals surface area (Å²) >= 11 is 0. The third-order valence-corrected chi connectivity index (χ3v) is 6.69. The topological polar surface area (TPSA) is 110 Å². The van der Waals surface area contributed by atoms with Gasteiger partial charge in [-0.1, -0.05) is 18.2 Å². The van der Waals surface area contributed by atoms with Crippen LogP contribution in [-0.4, -0.2) is 46.4 Å². The Kier molecular flexibility index (Phi) is 5.00. The average Bonchev–Trinajstić information content (AvgIpc) is 2.77. The lowest BCUT2D eigenvalue weighted by atomic mass is 9.62. The second-order valence-corrected chi connectivity index (χ2v) is 8.11. The number of hydrogen-bond donors (Lipinski definition) is 2. The molecule has 0 aromatic rings. The first kappa shape index (κ1) is 20.3. The number of carbonyl (C=O) groups is 3. The average molecular weight is 390 g/mol. The van der Waals surface area contributed by atoms with Crippen molar-refractivity contribution in [1.29, 1.82) is 0 Å². The van der Waals surface area contributed by atoms with E-state index in [9.17, 15) is 19.5 Å². The van der Waals surface area contributed by atoms with Crippen LogP contribution in [0.2, 0.25) is 0 Å². The van der Waals surface area contributed by atoms with Gasteiger partial charge in [-0.25, -0.2) is 9.59 Å². The van der Waals surface area contributed by atoms with Crippen LogP contribution < -0.4 is 0 Å². The number of hydrogen-bond acceptors (Lipinski definition) is 6. The van der Waals surface area contributed by atoms with E-state index in [0.717, 1.165) is 0 Å². The van der Waals surface area contributed by atoms with Crippen LogP contribution in [0.5, 0.6) is 0 Å². The zero-order chi connectivity index (χ0) is 20.7. The molecule has 0 amide bonds. The molecule has 2 bridgehead atoms. The van der Waals surface area contributed by atoms with Crippen molar-refractivity contribution in [3.63, 3.8) is 0 Å². The summed E-state index contributed by atoms with van der Waals surface area (Å²) in [6, 6.07) is 0. The standard InChI is InChI=1S/C21H26O7/c1-13(16(22)23)5-4-9-19(2)15-8-11-20(18(25)28-19)10-6-14(17(24)27-3)7-12-21(15,20)26/h4-6,9,15,26H,7-8,10-12H2,1-3H3,(H,22,23)/b9-4+,13-5-/t15-,19+,20+,21-/m0/s1. The smallest absolute Gasteiger partial charge is 0.333 e. The fourth-order valence-corrected chi connectivity index (χ4v) is 5.01. The highest BCUT2D eigenvalue weighted by molar-refractivity contribution is 5.89. The van der Waals surface area contributed by atoms with Crippen LogP contribution >= 0.6 is 0 Å². The van der Waals surface area contributed by atoms with E-state index in [-0.39, 0.29) is 24.3 Å². The maximum absolute atomic E-state index is 13.1. The first-order chi connectivity index (χ1) is 13.1. The highest BCUT2D eigenvalue weighted by atomic mass is 16.6. The van der Waals surface area contributed by atoms with E-state index < -0.39 is 34.5 Å². The van der Waals surface area contributed by atoms with Gasteiger partial charge in [-0.15, -0.1) is 0 Å². The Morgan fingerprint density at radius 1 is 1.36 bits per heavy atom. The van der Waals surface area contributed by atoms with Gasteiger partial charge in [0.2, 0.25) is 0 Å². The Morgan fingerprint density at radius 2 is 2.07 bits per heavy atom.